The van der Waals surface area contributed by atoms with Crippen LogP contribution in [0.3, 0.4) is 0 Å². The first-order chi connectivity index (χ1) is 6.35. The van der Waals surface area contributed by atoms with Gasteiger partial charge >= 0.3 is 6.09 Å². The largest absolute Gasteiger partial charge is 0.444 e. The van der Waals surface area contributed by atoms with Crippen LogP contribution >= 0.6 is 0 Å². The molecule has 0 radical (unpaired) electrons. The van der Waals surface area contributed by atoms with Crippen molar-refractivity contribution in [3.05, 3.63) is 0 Å². The third-order valence-corrected chi connectivity index (χ3v) is 1.30. The maximum absolute atomic E-state index is 11.2. The summed E-state index contributed by atoms with van der Waals surface area (Å²) in [6, 6.07) is -0.110. The van der Waals surface area contributed by atoms with Crippen LogP contribution in [0.15, 0.2) is 5.16 Å². The fraction of sp³-hybridized carbons (Fsp3) is 0.778. The summed E-state index contributed by atoms with van der Waals surface area (Å²) in [6.45, 7) is 7.19. The molecule has 0 aliphatic rings. The minimum atomic E-state index is -0.491. The van der Waals surface area contributed by atoms with Gasteiger partial charge in [0.2, 0.25) is 0 Å². The summed E-state index contributed by atoms with van der Waals surface area (Å²) in [7, 11) is 0. The van der Waals surface area contributed by atoms with Crippen molar-refractivity contribution >= 4 is 12.3 Å². The predicted molar refractivity (Wildman–Crippen MR) is 53.7 cm³/mol. The summed E-state index contributed by atoms with van der Waals surface area (Å²) in [6.07, 6.45) is 1.33. The molecular weight excluding hydrogens is 184 g/mol. The highest BCUT2D eigenvalue weighted by Crippen LogP contribution is 2.06. The van der Waals surface area contributed by atoms with Crippen LogP contribution in [-0.2, 0) is 4.74 Å². The number of carbonyl (C=O) groups excluding carboxylic acids is 1. The maximum atomic E-state index is 11.2. The Bertz CT molecular complexity index is 209. The van der Waals surface area contributed by atoms with Crippen LogP contribution in [-0.4, -0.2) is 29.2 Å². The Hall–Kier alpha value is -1.26. The Kier molecular flexibility index (Phi) is 4.97. The topological polar surface area (TPSA) is 70.9 Å². The van der Waals surface area contributed by atoms with Crippen LogP contribution in [0.25, 0.3) is 0 Å². The summed E-state index contributed by atoms with van der Waals surface area (Å²) in [4.78, 5) is 11.2. The van der Waals surface area contributed by atoms with E-state index in [4.69, 9.17) is 9.94 Å². The molecule has 0 spiro atoms. The van der Waals surface area contributed by atoms with Gasteiger partial charge in [0.25, 0.3) is 0 Å². The SMILES string of the molecule is C[C@H](C/C=N\O)NC(=O)OC(C)(C)C. The molecule has 0 saturated carbocycles. The van der Waals surface area contributed by atoms with Crippen LogP contribution < -0.4 is 5.32 Å². The number of amides is 1. The molecule has 82 valence electrons. The van der Waals surface area contributed by atoms with Crippen molar-refractivity contribution in [1.29, 1.82) is 0 Å². The second-order valence-corrected chi connectivity index (χ2v) is 4.08. The number of ether oxygens (including phenoxy) is 1. The standard InChI is InChI=1S/C9H18N2O3/c1-7(5-6-10-13)11-8(12)14-9(2,3)4/h6-7,13H,5H2,1-4H3,(H,11,12)/b10-6-/t7-/m1/s1. The van der Waals surface area contributed by atoms with Crippen LogP contribution in [0.5, 0.6) is 0 Å². The van der Waals surface area contributed by atoms with Gasteiger partial charge in [-0.25, -0.2) is 4.79 Å². The average molecular weight is 202 g/mol. The van der Waals surface area contributed by atoms with Gasteiger partial charge in [-0.1, -0.05) is 0 Å². The normalized spacial score (nSPS) is 14.0. The molecule has 0 aliphatic carbocycles. The molecule has 0 fully saturated rings. The molecule has 0 aromatic heterocycles. The molecule has 5 heteroatoms. The Morgan fingerprint density at radius 3 is 2.64 bits per heavy atom. The first kappa shape index (κ1) is 12.7. The summed E-state index contributed by atoms with van der Waals surface area (Å²) < 4.78 is 5.03. The lowest BCUT2D eigenvalue weighted by Gasteiger charge is -2.21. The number of oxime groups is 1. The monoisotopic (exact) mass is 202 g/mol. The van der Waals surface area contributed by atoms with Gasteiger partial charge in [-0.05, 0) is 27.7 Å². The second kappa shape index (κ2) is 5.47. The number of carbonyl (C=O) groups is 1. The van der Waals surface area contributed by atoms with Crippen molar-refractivity contribution in [1.82, 2.24) is 5.32 Å². The van der Waals surface area contributed by atoms with E-state index >= 15 is 0 Å². The highest BCUT2D eigenvalue weighted by Gasteiger charge is 2.17. The smallest absolute Gasteiger partial charge is 0.407 e. The van der Waals surface area contributed by atoms with E-state index in [1.165, 1.54) is 6.21 Å². The minimum Gasteiger partial charge on any atom is -0.444 e. The molecule has 2 N–H and O–H groups in total. The highest BCUT2D eigenvalue weighted by molar-refractivity contribution is 5.69. The van der Waals surface area contributed by atoms with Crippen LogP contribution in [0.1, 0.15) is 34.1 Å². The Labute approximate surface area is 84.1 Å². The van der Waals surface area contributed by atoms with Crippen molar-refractivity contribution < 1.29 is 14.7 Å². The van der Waals surface area contributed by atoms with E-state index in [9.17, 15) is 4.79 Å². The van der Waals surface area contributed by atoms with E-state index in [2.05, 4.69) is 10.5 Å². The molecule has 1 atom stereocenters. The van der Waals surface area contributed by atoms with Gasteiger partial charge < -0.3 is 15.3 Å². The molecule has 1 amide bonds. The van der Waals surface area contributed by atoms with Gasteiger partial charge in [0.05, 0.1) is 0 Å². The Morgan fingerprint density at radius 2 is 2.21 bits per heavy atom. The zero-order valence-corrected chi connectivity index (χ0v) is 9.07. The van der Waals surface area contributed by atoms with Crippen molar-refractivity contribution in [2.24, 2.45) is 5.16 Å². The maximum Gasteiger partial charge on any atom is 0.407 e. The molecule has 5 nitrogen and oxygen atoms in total. The highest BCUT2D eigenvalue weighted by atomic mass is 16.6. The number of hydrogen-bond donors (Lipinski definition) is 2. The van der Waals surface area contributed by atoms with Gasteiger partial charge in [-0.2, -0.15) is 0 Å². The fourth-order valence-electron chi connectivity index (χ4n) is 0.773. The Morgan fingerprint density at radius 1 is 1.64 bits per heavy atom. The van der Waals surface area contributed by atoms with Gasteiger partial charge in [-0.3, -0.25) is 0 Å². The number of hydrogen-bond acceptors (Lipinski definition) is 4. The van der Waals surface area contributed by atoms with Gasteiger partial charge in [0.15, 0.2) is 0 Å². The molecule has 0 heterocycles. The fourth-order valence-corrected chi connectivity index (χ4v) is 0.773. The van der Waals surface area contributed by atoms with E-state index < -0.39 is 11.7 Å². The van der Waals surface area contributed by atoms with Gasteiger partial charge in [-0.15, -0.1) is 5.16 Å². The summed E-state index contributed by atoms with van der Waals surface area (Å²) >= 11 is 0. The van der Waals surface area contributed by atoms with Crippen LogP contribution in [0.4, 0.5) is 4.79 Å². The zero-order valence-electron chi connectivity index (χ0n) is 9.07. The summed E-state index contributed by atoms with van der Waals surface area (Å²) in [5.41, 5.74) is -0.491. The van der Waals surface area contributed by atoms with E-state index in [1.807, 2.05) is 0 Å². The quantitative estimate of drug-likeness (QED) is 0.416. The minimum absolute atomic E-state index is 0.110. The van der Waals surface area contributed by atoms with Crippen molar-refractivity contribution in [3.8, 4) is 0 Å². The average Bonchev–Trinajstić information content (AvgIpc) is 1.96. The lowest BCUT2D eigenvalue weighted by atomic mass is 10.2. The van der Waals surface area contributed by atoms with E-state index in [1.54, 1.807) is 27.7 Å². The lowest BCUT2D eigenvalue weighted by molar-refractivity contribution is 0.0510. The summed E-state index contributed by atoms with van der Waals surface area (Å²) in [5, 5.41) is 13.6. The summed E-state index contributed by atoms with van der Waals surface area (Å²) in [5.74, 6) is 0. The lowest BCUT2D eigenvalue weighted by Crippen LogP contribution is -2.37. The van der Waals surface area contributed by atoms with E-state index in [0.29, 0.717) is 6.42 Å². The van der Waals surface area contributed by atoms with Crippen LogP contribution in [0.2, 0.25) is 0 Å². The van der Waals surface area contributed by atoms with E-state index in [0.717, 1.165) is 0 Å². The molecule has 0 rings (SSSR count). The molecule has 0 saturated heterocycles. The van der Waals surface area contributed by atoms with Gasteiger partial charge in [0.1, 0.15) is 5.60 Å². The molecule has 0 aromatic rings. The van der Waals surface area contributed by atoms with Crippen molar-refractivity contribution in [2.45, 2.75) is 45.8 Å². The number of nitrogens with zero attached hydrogens (tertiary/aromatic N) is 1. The van der Waals surface area contributed by atoms with Crippen molar-refractivity contribution in [2.75, 3.05) is 0 Å². The number of nitrogens with one attached hydrogen (secondary N) is 1. The molecule has 0 unspecified atom stereocenters. The molecular formula is C9H18N2O3. The number of rotatable bonds is 3. The number of alkyl carbamates (subject to hydrolysis) is 1. The molecule has 0 aliphatic heterocycles. The molecule has 0 aromatic carbocycles. The first-order valence-electron chi connectivity index (χ1n) is 4.50. The van der Waals surface area contributed by atoms with Crippen molar-refractivity contribution in [3.63, 3.8) is 0 Å². The third-order valence-electron chi connectivity index (χ3n) is 1.30. The first-order valence-corrected chi connectivity index (χ1v) is 4.50. The van der Waals surface area contributed by atoms with Gasteiger partial charge in [0, 0.05) is 18.7 Å². The molecule has 14 heavy (non-hydrogen) atoms. The van der Waals surface area contributed by atoms with Crippen LogP contribution in [0, 0.1) is 0 Å². The third kappa shape index (κ3) is 7.39. The predicted octanol–water partition coefficient (Wildman–Crippen LogP) is 1.75. The molecule has 0 bridgehead atoms. The Balaban J connectivity index is 3.83. The zero-order chi connectivity index (χ0) is 11.2. The second-order valence-electron chi connectivity index (χ2n) is 4.08. The van der Waals surface area contributed by atoms with E-state index in [-0.39, 0.29) is 6.04 Å².